The summed E-state index contributed by atoms with van der Waals surface area (Å²) in [5.74, 6) is 0.920. The minimum Gasteiger partial charge on any atom is -0.398 e. The molecule has 0 saturated carbocycles. The number of H-pyrrole nitrogens is 1. The van der Waals surface area contributed by atoms with Gasteiger partial charge in [-0.2, -0.15) is 0 Å². The van der Waals surface area contributed by atoms with Gasteiger partial charge < -0.3 is 10.7 Å². The lowest BCUT2D eigenvalue weighted by atomic mass is 10.0. The molecule has 0 unspecified atom stereocenters. The summed E-state index contributed by atoms with van der Waals surface area (Å²) in [6.45, 7) is 8.29. The number of anilines is 1. The smallest absolute Gasteiger partial charge is 0.138 e. The normalized spacial score (nSPS) is 10.8. The number of hydrogen-bond donors (Lipinski definition) is 2. The number of imidazole rings is 1. The Bertz CT molecular complexity index is 553. The fourth-order valence-corrected chi connectivity index (χ4v) is 2.09. The number of nitrogens with zero attached hydrogens (tertiary/aromatic N) is 1. The van der Waals surface area contributed by atoms with Crippen LogP contribution in [0.3, 0.4) is 0 Å². The Morgan fingerprint density at radius 1 is 1.18 bits per heavy atom. The molecule has 0 atom stereocenters. The van der Waals surface area contributed by atoms with E-state index in [1.54, 1.807) is 0 Å². The predicted molar refractivity (Wildman–Crippen MR) is 72.0 cm³/mol. The van der Waals surface area contributed by atoms with Crippen LogP contribution in [0.25, 0.3) is 11.4 Å². The molecule has 0 spiro atoms. The number of hydrogen-bond acceptors (Lipinski definition) is 2. The van der Waals surface area contributed by atoms with Gasteiger partial charge in [0.2, 0.25) is 0 Å². The van der Waals surface area contributed by atoms with Gasteiger partial charge in [-0.1, -0.05) is 13.0 Å². The summed E-state index contributed by atoms with van der Waals surface area (Å²) < 4.78 is 0. The van der Waals surface area contributed by atoms with E-state index >= 15 is 0 Å². The number of nitrogens with two attached hydrogens (primary N) is 1. The third-order valence-electron chi connectivity index (χ3n) is 3.19. The van der Waals surface area contributed by atoms with E-state index in [0.717, 1.165) is 40.4 Å². The van der Waals surface area contributed by atoms with Gasteiger partial charge in [0, 0.05) is 16.9 Å². The monoisotopic (exact) mass is 229 g/mol. The zero-order valence-corrected chi connectivity index (χ0v) is 10.9. The van der Waals surface area contributed by atoms with E-state index in [4.69, 9.17) is 5.73 Å². The highest BCUT2D eigenvalue weighted by molar-refractivity contribution is 5.68. The molecule has 2 rings (SSSR count). The first kappa shape index (κ1) is 11.7. The van der Waals surface area contributed by atoms with Crippen molar-refractivity contribution >= 4 is 5.69 Å². The van der Waals surface area contributed by atoms with E-state index in [2.05, 4.69) is 36.8 Å². The van der Waals surface area contributed by atoms with Gasteiger partial charge in [-0.25, -0.2) is 4.98 Å². The molecule has 90 valence electrons. The fourth-order valence-electron chi connectivity index (χ4n) is 2.09. The molecule has 3 N–H and O–H groups in total. The van der Waals surface area contributed by atoms with Crippen molar-refractivity contribution < 1.29 is 0 Å². The van der Waals surface area contributed by atoms with Gasteiger partial charge in [0.05, 0.1) is 5.69 Å². The van der Waals surface area contributed by atoms with Crippen LogP contribution >= 0.6 is 0 Å². The lowest BCUT2D eigenvalue weighted by Crippen LogP contribution is -1.94. The highest BCUT2D eigenvalue weighted by Gasteiger charge is 2.10. The second-order valence-corrected chi connectivity index (χ2v) is 4.53. The van der Waals surface area contributed by atoms with Crippen molar-refractivity contribution in [2.24, 2.45) is 0 Å². The minimum atomic E-state index is 0.817. The molecule has 1 aromatic heterocycles. The molecule has 0 saturated heterocycles. The summed E-state index contributed by atoms with van der Waals surface area (Å²) in [5, 5.41) is 0. The van der Waals surface area contributed by atoms with Gasteiger partial charge in [0.1, 0.15) is 5.82 Å². The molecule has 0 aliphatic carbocycles. The largest absolute Gasteiger partial charge is 0.398 e. The average molecular weight is 229 g/mol. The fraction of sp³-hybridized carbons (Fsp3) is 0.357. The van der Waals surface area contributed by atoms with E-state index in [1.807, 2.05) is 13.0 Å². The third kappa shape index (κ3) is 2.05. The van der Waals surface area contributed by atoms with Crippen LogP contribution in [0.1, 0.15) is 29.4 Å². The van der Waals surface area contributed by atoms with Crippen molar-refractivity contribution in [1.82, 2.24) is 9.97 Å². The van der Waals surface area contributed by atoms with Crippen LogP contribution in [0.2, 0.25) is 0 Å². The predicted octanol–water partition coefficient (Wildman–Crippen LogP) is 3.15. The summed E-state index contributed by atoms with van der Waals surface area (Å²) >= 11 is 0. The topological polar surface area (TPSA) is 54.7 Å². The van der Waals surface area contributed by atoms with E-state index in [-0.39, 0.29) is 0 Å². The molecule has 17 heavy (non-hydrogen) atoms. The second kappa shape index (κ2) is 4.24. The Balaban J connectivity index is 2.56. The van der Waals surface area contributed by atoms with Crippen molar-refractivity contribution in [2.45, 2.75) is 34.1 Å². The van der Waals surface area contributed by atoms with E-state index in [9.17, 15) is 0 Å². The molecule has 0 fully saturated rings. The molecule has 3 heteroatoms. The van der Waals surface area contributed by atoms with Crippen molar-refractivity contribution in [1.29, 1.82) is 0 Å². The van der Waals surface area contributed by atoms with Gasteiger partial charge in [-0.05, 0) is 44.4 Å². The van der Waals surface area contributed by atoms with E-state index < -0.39 is 0 Å². The first-order valence-corrected chi connectivity index (χ1v) is 5.95. The van der Waals surface area contributed by atoms with Crippen LogP contribution < -0.4 is 5.73 Å². The average Bonchev–Trinajstić information content (AvgIpc) is 2.65. The Labute approximate surface area is 102 Å². The van der Waals surface area contributed by atoms with Crippen LogP contribution in [0.15, 0.2) is 12.1 Å². The van der Waals surface area contributed by atoms with Crippen LogP contribution in [0.4, 0.5) is 5.69 Å². The molecule has 0 aliphatic rings. The first-order valence-electron chi connectivity index (χ1n) is 5.95. The lowest BCUT2D eigenvalue weighted by Gasteiger charge is -2.07. The summed E-state index contributed by atoms with van der Waals surface area (Å²) in [6, 6.07) is 4.11. The van der Waals surface area contributed by atoms with Gasteiger partial charge in [-0.3, -0.25) is 0 Å². The molecule has 0 amide bonds. The molecule has 1 aromatic carbocycles. The number of nitrogen functional groups attached to an aromatic ring is 1. The summed E-state index contributed by atoms with van der Waals surface area (Å²) in [5.41, 5.74) is 12.5. The molecular formula is C14H19N3. The van der Waals surface area contributed by atoms with Crippen molar-refractivity contribution in [3.05, 3.63) is 34.6 Å². The Kier molecular flexibility index (Phi) is 2.92. The summed E-state index contributed by atoms with van der Waals surface area (Å²) in [4.78, 5) is 7.95. The Hall–Kier alpha value is -1.77. The SMILES string of the molecule is CCc1nc(-c2cc(N)c(C)cc2C)[nH]c1C. The number of aromatic nitrogens is 2. The lowest BCUT2D eigenvalue weighted by molar-refractivity contribution is 1.04. The van der Waals surface area contributed by atoms with Gasteiger partial charge in [0.25, 0.3) is 0 Å². The van der Waals surface area contributed by atoms with Crippen LogP contribution in [0.5, 0.6) is 0 Å². The highest BCUT2D eigenvalue weighted by atomic mass is 14.9. The number of benzene rings is 1. The maximum atomic E-state index is 5.96. The maximum Gasteiger partial charge on any atom is 0.138 e. The third-order valence-corrected chi connectivity index (χ3v) is 3.19. The zero-order valence-electron chi connectivity index (χ0n) is 10.9. The Morgan fingerprint density at radius 2 is 1.88 bits per heavy atom. The van der Waals surface area contributed by atoms with Gasteiger partial charge in [0.15, 0.2) is 0 Å². The highest BCUT2D eigenvalue weighted by Crippen LogP contribution is 2.26. The minimum absolute atomic E-state index is 0.817. The van der Waals surface area contributed by atoms with Gasteiger partial charge >= 0.3 is 0 Å². The standard InChI is InChI=1S/C14H19N3/c1-5-13-10(4)16-14(17-13)11-7-12(15)9(3)6-8(11)2/h6-7H,5,15H2,1-4H3,(H,16,17). The van der Waals surface area contributed by atoms with Crippen LogP contribution in [-0.4, -0.2) is 9.97 Å². The molecule has 3 nitrogen and oxygen atoms in total. The zero-order chi connectivity index (χ0) is 12.6. The first-order chi connectivity index (χ1) is 8.02. The second-order valence-electron chi connectivity index (χ2n) is 4.53. The number of aromatic amines is 1. The molecule has 1 heterocycles. The van der Waals surface area contributed by atoms with Crippen LogP contribution in [-0.2, 0) is 6.42 Å². The van der Waals surface area contributed by atoms with Crippen molar-refractivity contribution in [3.8, 4) is 11.4 Å². The van der Waals surface area contributed by atoms with Gasteiger partial charge in [-0.15, -0.1) is 0 Å². The number of rotatable bonds is 2. The maximum absolute atomic E-state index is 5.96. The quantitative estimate of drug-likeness (QED) is 0.777. The van der Waals surface area contributed by atoms with Crippen molar-refractivity contribution in [2.75, 3.05) is 5.73 Å². The van der Waals surface area contributed by atoms with E-state index in [0.29, 0.717) is 0 Å². The summed E-state index contributed by atoms with van der Waals surface area (Å²) in [7, 11) is 0. The number of aryl methyl sites for hydroxylation is 4. The molecule has 0 aliphatic heterocycles. The molecule has 2 aromatic rings. The molecule has 0 radical (unpaired) electrons. The van der Waals surface area contributed by atoms with E-state index in [1.165, 1.54) is 5.56 Å². The molecular weight excluding hydrogens is 210 g/mol. The Morgan fingerprint density at radius 3 is 2.47 bits per heavy atom. The summed E-state index contributed by atoms with van der Waals surface area (Å²) in [6.07, 6.45) is 0.947. The molecule has 0 bridgehead atoms. The number of nitrogens with one attached hydrogen (secondary N) is 1. The van der Waals surface area contributed by atoms with Crippen LogP contribution in [0, 0.1) is 20.8 Å². The van der Waals surface area contributed by atoms with Crippen molar-refractivity contribution in [3.63, 3.8) is 0 Å².